The molecule has 164 valence electrons. The number of nitrogens with two attached hydrogens (primary N) is 1. The third-order valence-corrected chi connectivity index (χ3v) is 5.63. The van der Waals surface area contributed by atoms with Crippen molar-refractivity contribution in [2.75, 3.05) is 11.1 Å². The lowest BCUT2D eigenvalue weighted by Gasteiger charge is -2.18. The predicted octanol–water partition coefficient (Wildman–Crippen LogP) is 5.15. The Morgan fingerprint density at radius 3 is 2.44 bits per heavy atom. The summed E-state index contributed by atoms with van der Waals surface area (Å²) >= 11 is 1.35. The number of hydrogen-bond donors (Lipinski definition) is 2. The summed E-state index contributed by atoms with van der Waals surface area (Å²) in [6.45, 7) is 8.55. The zero-order chi connectivity index (χ0) is 22.7. The summed E-state index contributed by atoms with van der Waals surface area (Å²) < 4.78 is 5.81. The highest BCUT2D eigenvalue weighted by Crippen LogP contribution is 2.28. The van der Waals surface area contributed by atoms with Gasteiger partial charge in [-0.3, -0.25) is 0 Å². The van der Waals surface area contributed by atoms with E-state index in [4.69, 9.17) is 10.2 Å². The Balaban J connectivity index is 1.44. The number of aromatic nitrogens is 5. The maximum Gasteiger partial charge on any atom is 0.277 e. The van der Waals surface area contributed by atoms with E-state index in [0.29, 0.717) is 28.6 Å². The van der Waals surface area contributed by atoms with Crippen LogP contribution >= 0.6 is 11.8 Å². The van der Waals surface area contributed by atoms with Crippen molar-refractivity contribution in [2.24, 2.45) is 0 Å². The summed E-state index contributed by atoms with van der Waals surface area (Å²) in [6.07, 6.45) is 0. The van der Waals surface area contributed by atoms with Crippen molar-refractivity contribution in [1.82, 2.24) is 25.1 Å². The molecule has 0 fully saturated rings. The largest absolute Gasteiger partial charge is 0.411 e. The van der Waals surface area contributed by atoms with E-state index in [1.54, 1.807) is 0 Å². The van der Waals surface area contributed by atoms with Crippen molar-refractivity contribution in [3.8, 4) is 11.5 Å². The van der Waals surface area contributed by atoms with Crippen molar-refractivity contribution in [3.05, 3.63) is 65.5 Å². The van der Waals surface area contributed by atoms with Crippen LogP contribution in [0, 0.1) is 6.92 Å². The van der Waals surface area contributed by atoms with Crippen LogP contribution in [-0.2, 0) is 11.2 Å². The second kappa shape index (κ2) is 8.96. The smallest absolute Gasteiger partial charge is 0.277 e. The number of nitrogens with zero attached hydrogens (tertiary/aromatic N) is 5. The summed E-state index contributed by atoms with van der Waals surface area (Å²) in [6, 6.07) is 16.1. The Hall–Kier alpha value is -3.46. The highest BCUT2D eigenvalue weighted by molar-refractivity contribution is 7.98. The molecule has 0 aliphatic rings. The van der Waals surface area contributed by atoms with Gasteiger partial charge in [-0.15, -0.1) is 10.2 Å². The molecule has 0 spiro atoms. The lowest BCUT2D eigenvalue weighted by Crippen LogP contribution is -2.10. The summed E-state index contributed by atoms with van der Waals surface area (Å²) in [5.41, 5.74) is 10.1. The van der Waals surface area contributed by atoms with E-state index >= 15 is 0 Å². The zero-order valence-electron chi connectivity index (χ0n) is 18.5. The summed E-state index contributed by atoms with van der Waals surface area (Å²) in [7, 11) is 0. The summed E-state index contributed by atoms with van der Waals surface area (Å²) in [5, 5.41) is 11.9. The van der Waals surface area contributed by atoms with Crippen LogP contribution in [-0.4, -0.2) is 25.1 Å². The highest BCUT2D eigenvalue weighted by Gasteiger charge is 2.15. The third-order valence-electron chi connectivity index (χ3n) is 4.82. The summed E-state index contributed by atoms with van der Waals surface area (Å²) in [4.78, 5) is 12.9. The van der Waals surface area contributed by atoms with Crippen molar-refractivity contribution in [3.63, 3.8) is 0 Å². The number of nitrogens with one attached hydrogen (secondary N) is 1. The molecule has 4 aromatic rings. The average Bonchev–Trinajstić information content (AvgIpc) is 3.22. The van der Waals surface area contributed by atoms with Crippen LogP contribution in [0.15, 0.2) is 58.2 Å². The first kappa shape index (κ1) is 21.8. The van der Waals surface area contributed by atoms with E-state index in [9.17, 15) is 0 Å². The molecule has 2 aromatic carbocycles. The number of aryl methyl sites for hydroxylation is 1. The standard InChI is InChI=1S/C23H25N7OS/c1-14-7-5-6-8-17(14)25-21-27-18(26-20(24)28-21)13-32-22-30-29-19(31-22)15-9-11-16(12-10-15)23(2,3)4/h5-12H,13H2,1-4H3,(H3,24,25,26,27,28). The van der Waals surface area contributed by atoms with Crippen LogP contribution < -0.4 is 11.1 Å². The molecule has 0 saturated heterocycles. The van der Waals surface area contributed by atoms with E-state index in [-0.39, 0.29) is 11.4 Å². The van der Waals surface area contributed by atoms with E-state index in [0.717, 1.165) is 16.8 Å². The fourth-order valence-corrected chi connectivity index (χ4v) is 3.63. The van der Waals surface area contributed by atoms with Gasteiger partial charge < -0.3 is 15.5 Å². The van der Waals surface area contributed by atoms with Crippen LogP contribution in [0.5, 0.6) is 0 Å². The molecule has 2 aromatic heterocycles. The van der Waals surface area contributed by atoms with Gasteiger partial charge in [-0.25, -0.2) is 0 Å². The minimum atomic E-state index is 0.0910. The summed E-state index contributed by atoms with van der Waals surface area (Å²) in [5.74, 6) is 1.96. The van der Waals surface area contributed by atoms with Crippen molar-refractivity contribution in [2.45, 2.75) is 44.1 Å². The van der Waals surface area contributed by atoms with Crippen molar-refractivity contribution < 1.29 is 4.42 Å². The SMILES string of the molecule is Cc1ccccc1Nc1nc(N)nc(CSc2nnc(-c3ccc(C(C)(C)C)cc3)o2)n1. The lowest BCUT2D eigenvalue weighted by atomic mass is 9.87. The molecule has 0 aliphatic heterocycles. The molecular formula is C23H25N7OS. The molecule has 0 saturated carbocycles. The number of anilines is 3. The van der Waals surface area contributed by atoms with Gasteiger partial charge >= 0.3 is 0 Å². The Morgan fingerprint density at radius 2 is 1.72 bits per heavy atom. The maximum atomic E-state index is 5.88. The normalized spacial score (nSPS) is 11.5. The van der Waals surface area contributed by atoms with Gasteiger partial charge in [-0.2, -0.15) is 15.0 Å². The first-order valence-electron chi connectivity index (χ1n) is 10.2. The monoisotopic (exact) mass is 447 g/mol. The molecule has 0 unspecified atom stereocenters. The molecule has 9 heteroatoms. The third kappa shape index (κ3) is 5.23. The molecule has 0 radical (unpaired) electrons. The van der Waals surface area contributed by atoms with E-state index < -0.39 is 0 Å². The number of para-hydroxylation sites is 1. The molecule has 4 rings (SSSR count). The fraction of sp³-hybridized carbons (Fsp3) is 0.261. The molecule has 8 nitrogen and oxygen atoms in total. The zero-order valence-corrected chi connectivity index (χ0v) is 19.3. The van der Waals surface area contributed by atoms with E-state index in [1.807, 2.05) is 43.3 Å². The Bertz CT molecular complexity index is 1220. The Kier molecular flexibility index (Phi) is 6.09. The fourth-order valence-electron chi connectivity index (χ4n) is 3.02. The minimum Gasteiger partial charge on any atom is -0.411 e. The Morgan fingerprint density at radius 1 is 0.969 bits per heavy atom. The molecule has 32 heavy (non-hydrogen) atoms. The van der Waals surface area contributed by atoms with Crippen LogP contribution in [0.3, 0.4) is 0 Å². The second-order valence-corrected chi connectivity index (χ2v) is 9.29. The van der Waals surface area contributed by atoms with Crippen molar-refractivity contribution in [1.29, 1.82) is 0 Å². The van der Waals surface area contributed by atoms with Gasteiger partial charge in [0.1, 0.15) is 5.82 Å². The molecule has 0 amide bonds. The van der Waals surface area contributed by atoms with Crippen LogP contribution in [0.2, 0.25) is 0 Å². The molecule has 0 atom stereocenters. The second-order valence-electron chi connectivity index (χ2n) is 8.36. The topological polar surface area (TPSA) is 116 Å². The molecule has 0 bridgehead atoms. The lowest BCUT2D eigenvalue weighted by molar-refractivity contribution is 0.465. The van der Waals surface area contributed by atoms with Gasteiger partial charge in [0.15, 0.2) is 0 Å². The van der Waals surface area contributed by atoms with Gasteiger partial charge in [0.25, 0.3) is 5.22 Å². The van der Waals surface area contributed by atoms with Gasteiger partial charge in [-0.1, -0.05) is 62.9 Å². The number of nitrogen functional groups attached to an aromatic ring is 1. The van der Waals surface area contributed by atoms with Gasteiger partial charge in [0.05, 0.1) is 5.75 Å². The molecule has 3 N–H and O–H groups in total. The van der Waals surface area contributed by atoms with E-state index in [2.05, 4.69) is 63.4 Å². The average molecular weight is 448 g/mol. The molecule has 0 aliphatic carbocycles. The minimum absolute atomic E-state index is 0.0910. The first-order valence-corrected chi connectivity index (χ1v) is 11.2. The quantitative estimate of drug-likeness (QED) is 0.387. The number of rotatable bonds is 6. The Labute approximate surface area is 191 Å². The van der Waals surface area contributed by atoms with Crippen LogP contribution in [0.25, 0.3) is 11.5 Å². The van der Waals surface area contributed by atoms with Gasteiger partial charge in [0.2, 0.25) is 17.8 Å². The number of benzene rings is 2. The van der Waals surface area contributed by atoms with Crippen molar-refractivity contribution >= 4 is 29.3 Å². The van der Waals surface area contributed by atoms with Gasteiger partial charge in [0, 0.05) is 11.3 Å². The van der Waals surface area contributed by atoms with Crippen LogP contribution in [0.4, 0.5) is 17.6 Å². The number of thioether (sulfide) groups is 1. The predicted molar refractivity (Wildman–Crippen MR) is 127 cm³/mol. The first-order chi connectivity index (χ1) is 15.3. The van der Waals surface area contributed by atoms with Gasteiger partial charge in [-0.05, 0) is 41.7 Å². The maximum absolute atomic E-state index is 5.88. The molecular weight excluding hydrogens is 422 g/mol. The molecule has 2 heterocycles. The van der Waals surface area contributed by atoms with Crippen LogP contribution in [0.1, 0.15) is 37.7 Å². The van der Waals surface area contributed by atoms with E-state index in [1.165, 1.54) is 17.3 Å². The highest BCUT2D eigenvalue weighted by atomic mass is 32.2. The number of hydrogen-bond acceptors (Lipinski definition) is 9.